The van der Waals surface area contributed by atoms with Crippen molar-refractivity contribution in [3.63, 3.8) is 0 Å². The highest BCUT2D eigenvalue weighted by atomic mass is 32.1. The minimum Gasteiger partial charge on any atom is -0.360 e. The molecule has 7 heteroatoms. The van der Waals surface area contributed by atoms with Crippen molar-refractivity contribution in [3.8, 4) is 11.3 Å². The molecule has 0 radical (unpaired) electrons. The maximum atomic E-state index is 12.2. The smallest absolute Gasteiger partial charge is 0.245 e. The summed E-state index contributed by atoms with van der Waals surface area (Å²) in [5, 5.41) is 9.59. The van der Waals surface area contributed by atoms with Gasteiger partial charge in [0, 0.05) is 28.4 Å². The van der Waals surface area contributed by atoms with Gasteiger partial charge < -0.3 is 14.4 Å². The predicted octanol–water partition coefficient (Wildman–Crippen LogP) is 3.47. The van der Waals surface area contributed by atoms with Gasteiger partial charge in [0.25, 0.3) is 0 Å². The summed E-state index contributed by atoms with van der Waals surface area (Å²) in [4.78, 5) is 16.7. The zero-order chi connectivity index (χ0) is 16.6. The Morgan fingerprint density at radius 1 is 1.30 bits per heavy atom. The summed E-state index contributed by atoms with van der Waals surface area (Å²) in [5.41, 5.74) is 4.07. The molecule has 0 fully saturated rings. The lowest BCUT2D eigenvalue weighted by atomic mass is 10.2. The SMILES string of the molecule is Cc1cc(NC(=O)Cn2c(C)cc(-c3csc(C)n3)c2C)no1. The van der Waals surface area contributed by atoms with E-state index in [0.717, 1.165) is 27.7 Å². The molecule has 120 valence electrons. The van der Waals surface area contributed by atoms with Crippen LogP contribution in [0.3, 0.4) is 0 Å². The molecule has 0 bridgehead atoms. The van der Waals surface area contributed by atoms with Crippen molar-refractivity contribution in [3.05, 3.63) is 39.7 Å². The molecular weight excluding hydrogens is 312 g/mol. The van der Waals surface area contributed by atoms with E-state index < -0.39 is 0 Å². The van der Waals surface area contributed by atoms with E-state index in [1.54, 1.807) is 24.3 Å². The summed E-state index contributed by atoms with van der Waals surface area (Å²) < 4.78 is 6.93. The monoisotopic (exact) mass is 330 g/mol. The Morgan fingerprint density at radius 2 is 2.09 bits per heavy atom. The first kappa shape index (κ1) is 15.5. The number of nitrogens with one attached hydrogen (secondary N) is 1. The van der Waals surface area contributed by atoms with Gasteiger partial charge in [-0.3, -0.25) is 4.79 Å². The molecule has 0 aromatic carbocycles. The van der Waals surface area contributed by atoms with Gasteiger partial charge in [-0.15, -0.1) is 11.3 Å². The number of rotatable bonds is 4. The summed E-state index contributed by atoms with van der Waals surface area (Å²) in [6.45, 7) is 7.99. The van der Waals surface area contributed by atoms with Crippen LogP contribution >= 0.6 is 11.3 Å². The second-order valence-electron chi connectivity index (χ2n) is 5.49. The molecular formula is C16H18N4O2S. The summed E-state index contributed by atoms with van der Waals surface area (Å²) in [7, 11) is 0. The summed E-state index contributed by atoms with van der Waals surface area (Å²) >= 11 is 1.62. The van der Waals surface area contributed by atoms with Crippen LogP contribution in [0.15, 0.2) is 22.0 Å². The van der Waals surface area contributed by atoms with Crippen LogP contribution < -0.4 is 5.32 Å². The molecule has 0 aliphatic rings. The van der Waals surface area contributed by atoms with Gasteiger partial charge in [-0.05, 0) is 33.8 Å². The average molecular weight is 330 g/mol. The van der Waals surface area contributed by atoms with E-state index >= 15 is 0 Å². The zero-order valence-electron chi connectivity index (χ0n) is 13.5. The number of aromatic nitrogens is 3. The number of carbonyl (C=O) groups is 1. The second-order valence-corrected chi connectivity index (χ2v) is 6.56. The van der Waals surface area contributed by atoms with Gasteiger partial charge in [0.1, 0.15) is 12.3 Å². The Morgan fingerprint density at radius 3 is 2.70 bits per heavy atom. The summed E-state index contributed by atoms with van der Waals surface area (Å²) in [5.74, 6) is 0.959. The lowest BCUT2D eigenvalue weighted by molar-refractivity contribution is -0.116. The Kier molecular flexibility index (Phi) is 4.04. The van der Waals surface area contributed by atoms with Gasteiger partial charge in [-0.25, -0.2) is 4.98 Å². The van der Waals surface area contributed by atoms with Gasteiger partial charge >= 0.3 is 0 Å². The molecule has 0 aliphatic carbocycles. The van der Waals surface area contributed by atoms with Gasteiger partial charge in [0.15, 0.2) is 5.82 Å². The van der Waals surface area contributed by atoms with Crippen molar-refractivity contribution in [1.82, 2.24) is 14.7 Å². The third-order valence-electron chi connectivity index (χ3n) is 3.67. The van der Waals surface area contributed by atoms with E-state index in [-0.39, 0.29) is 12.5 Å². The second kappa shape index (κ2) is 6.00. The van der Waals surface area contributed by atoms with E-state index in [0.29, 0.717) is 11.6 Å². The Hall–Kier alpha value is -2.41. The number of amides is 1. The highest BCUT2D eigenvalue weighted by Gasteiger charge is 2.15. The summed E-state index contributed by atoms with van der Waals surface area (Å²) in [6, 6.07) is 3.76. The Bertz CT molecular complexity index is 859. The van der Waals surface area contributed by atoms with E-state index in [4.69, 9.17) is 4.52 Å². The fourth-order valence-electron chi connectivity index (χ4n) is 2.54. The number of nitrogens with zero attached hydrogens (tertiary/aromatic N) is 3. The highest BCUT2D eigenvalue weighted by molar-refractivity contribution is 7.09. The minimum absolute atomic E-state index is 0.138. The van der Waals surface area contributed by atoms with Gasteiger partial charge in [-0.1, -0.05) is 5.16 Å². The van der Waals surface area contributed by atoms with Crippen LogP contribution in [0.25, 0.3) is 11.3 Å². The first-order chi connectivity index (χ1) is 10.9. The first-order valence-corrected chi connectivity index (χ1v) is 8.14. The van der Waals surface area contributed by atoms with Gasteiger partial charge in [0.2, 0.25) is 5.91 Å². The fraction of sp³-hybridized carbons (Fsp3) is 0.312. The molecule has 1 N–H and O–H groups in total. The lowest BCUT2D eigenvalue weighted by Crippen LogP contribution is -2.20. The quantitative estimate of drug-likeness (QED) is 0.795. The largest absolute Gasteiger partial charge is 0.360 e. The number of hydrogen-bond donors (Lipinski definition) is 1. The topological polar surface area (TPSA) is 73.0 Å². The van der Waals surface area contributed by atoms with Crippen LogP contribution in [-0.2, 0) is 11.3 Å². The minimum atomic E-state index is -0.138. The van der Waals surface area contributed by atoms with Crippen LogP contribution in [0.1, 0.15) is 22.2 Å². The van der Waals surface area contributed by atoms with E-state index in [2.05, 4.69) is 21.5 Å². The lowest BCUT2D eigenvalue weighted by Gasteiger charge is -2.09. The first-order valence-electron chi connectivity index (χ1n) is 7.26. The number of thiazole rings is 1. The van der Waals surface area contributed by atoms with Crippen LogP contribution in [0.2, 0.25) is 0 Å². The highest BCUT2D eigenvalue weighted by Crippen LogP contribution is 2.28. The molecule has 3 aromatic rings. The third kappa shape index (κ3) is 3.19. The molecule has 3 heterocycles. The van der Waals surface area contributed by atoms with E-state index in [1.165, 1.54) is 0 Å². The van der Waals surface area contributed by atoms with E-state index in [1.807, 2.05) is 30.7 Å². The molecule has 3 aromatic heterocycles. The van der Waals surface area contributed by atoms with Gasteiger partial charge in [-0.2, -0.15) is 0 Å². The van der Waals surface area contributed by atoms with Crippen molar-refractivity contribution in [1.29, 1.82) is 0 Å². The molecule has 23 heavy (non-hydrogen) atoms. The van der Waals surface area contributed by atoms with Gasteiger partial charge in [0.05, 0.1) is 10.7 Å². The van der Waals surface area contributed by atoms with Crippen molar-refractivity contribution in [2.75, 3.05) is 5.32 Å². The number of anilines is 1. The van der Waals surface area contributed by atoms with Crippen LogP contribution in [-0.4, -0.2) is 20.6 Å². The van der Waals surface area contributed by atoms with Crippen molar-refractivity contribution in [2.24, 2.45) is 0 Å². The Labute approximate surface area is 138 Å². The molecule has 3 rings (SSSR count). The molecule has 0 saturated carbocycles. The molecule has 0 atom stereocenters. The number of hydrogen-bond acceptors (Lipinski definition) is 5. The van der Waals surface area contributed by atoms with E-state index in [9.17, 15) is 4.79 Å². The molecule has 0 aliphatic heterocycles. The molecule has 0 spiro atoms. The van der Waals surface area contributed by atoms with Crippen molar-refractivity contribution in [2.45, 2.75) is 34.2 Å². The molecule has 0 unspecified atom stereocenters. The third-order valence-corrected chi connectivity index (χ3v) is 4.44. The Balaban J connectivity index is 1.80. The molecule has 6 nitrogen and oxygen atoms in total. The van der Waals surface area contributed by atoms with Crippen molar-refractivity contribution < 1.29 is 9.32 Å². The van der Waals surface area contributed by atoms with Crippen LogP contribution in [0.5, 0.6) is 0 Å². The zero-order valence-corrected chi connectivity index (χ0v) is 14.3. The average Bonchev–Trinajstić information content (AvgIpc) is 3.15. The molecule has 1 amide bonds. The normalized spacial score (nSPS) is 11.0. The maximum absolute atomic E-state index is 12.2. The summed E-state index contributed by atoms with van der Waals surface area (Å²) in [6.07, 6.45) is 0. The predicted molar refractivity (Wildman–Crippen MR) is 89.6 cm³/mol. The van der Waals surface area contributed by atoms with Crippen LogP contribution in [0.4, 0.5) is 5.82 Å². The van der Waals surface area contributed by atoms with Crippen LogP contribution in [0, 0.1) is 27.7 Å². The van der Waals surface area contributed by atoms with Crippen molar-refractivity contribution >= 4 is 23.1 Å². The number of aryl methyl sites for hydroxylation is 3. The number of carbonyl (C=O) groups excluding carboxylic acids is 1. The molecule has 0 saturated heterocycles. The maximum Gasteiger partial charge on any atom is 0.245 e. The fourth-order valence-corrected chi connectivity index (χ4v) is 3.16. The standard InChI is InChI=1S/C16H18N4O2S/c1-9-5-13(14-8-23-12(4)17-14)11(3)20(9)7-16(21)18-15-6-10(2)22-19-15/h5-6,8H,7H2,1-4H3,(H,18,19,21).